The summed E-state index contributed by atoms with van der Waals surface area (Å²) in [7, 11) is 1.34. The summed E-state index contributed by atoms with van der Waals surface area (Å²) >= 11 is 0. The third-order valence-electron chi connectivity index (χ3n) is 2.56. The van der Waals surface area contributed by atoms with Crippen LogP contribution < -0.4 is 0 Å². The summed E-state index contributed by atoms with van der Waals surface area (Å²) in [5, 5.41) is 0. The highest BCUT2D eigenvalue weighted by molar-refractivity contribution is 5.87. The minimum Gasteiger partial charge on any atom is -0.464 e. The highest BCUT2D eigenvalue weighted by Gasteiger charge is 2.16. The molecule has 5 heteroatoms. The SMILES string of the molecule is COC(=O)c1cccc(CO[C@H]2CCOC2)n1. The normalized spacial score (nSPS) is 19.2. The summed E-state index contributed by atoms with van der Waals surface area (Å²) < 4.78 is 15.4. The van der Waals surface area contributed by atoms with Crippen LogP contribution in [0.1, 0.15) is 22.6 Å². The highest BCUT2D eigenvalue weighted by Crippen LogP contribution is 2.11. The summed E-state index contributed by atoms with van der Waals surface area (Å²) in [5.74, 6) is -0.434. The lowest BCUT2D eigenvalue weighted by molar-refractivity contribution is 0.0299. The molecule has 1 saturated heterocycles. The first kappa shape index (κ1) is 12.0. The number of pyridine rings is 1. The molecule has 17 heavy (non-hydrogen) atoms. The summed E-state index contributed by atoms with van der Waals surface area (Å²) in [6.07, 6.45) is 1.05. The van der Waals surface area contributed by atoms with E-state index in [1.54, 1.807) is 12.1 Å². The molecular weight excluding hydrogens is 222 g/mol. The van der Waals surface area contributed by atoms with E-state index in [0.717, 1.165) is 18.7 Å². The Morgan fingerprint density at radius 3 is 3.18 bits per heavy atom. The third-order valence-corrected chi connectivity index (χ3v) is 2.56. The van der Waals surface area contributed by atoms with E-state index < -0.39 is 5.97 Å². The summed E-state index contributed by atoms with van der Waals surface area (Å²) in [6, 6.07) is 5.21. The molecule has 5 nitrogen and oxygen atoms in total. The molecule has 2 rings (SSSR count). The molecule has 1 fully saturated rings. The van der Waals surface area contributed by atoms with Gasteiger partial charge in [-0.2, -0.15) is 0 Å². The Balaban J connectivity index is 1.93. The highest BCUT2D eigenvalue weighted by atomic mass is 16.5. The fourth-order valence-electron chi connectivity index (χ4n) is 1.63. The van der Waals surface area contributed by atoms with E-state index in [-0.39, 0.29) is 6.10 Å². The summed E-state index contributed by atoms with van der Waals surface area (Å²) in [6.45, 7) is 1.77. The third kappa shape index (κ3) is 3.25. The number of rotatable bonds is 4. The predicted molar refractivity (Wildman–Crippen MR) is 59.6 cm³/mol. The molecule has 0 aliphatic carbocycles. The van der Waals surface area contributed by atoms with Crippen molar-refractivity contribution in [1.29, 1.82) is 0 Å². The average molecular weight is 237 g/mol. The fraction of sp³-hybridized carbons (Fsp3) is 0.500. The van der Waals surface area contributed by atoms with E-state index in [2.05, 4.69) is 9.72 Å². The quantitative estimate of drug-likeness (QED) is 0.736. The van der Waals surface area contributed by atoms with Gasteiger partial charge in [-0.3, -0.25) is 0 Å². The van der Waals surface area contributed by atoms with Gasteiger partial charge in [-0.25, -0.2) is 9.78 Å². The number of ether oxygens (including phenoxy) is 3. The van der Waals surface area contributed by atoms with Crippen LogP contribution in [0.25, 0.3) is 0 Å². The minimum absolute atomic E-state index is 0.138. The second-order valence-electron chi connectivity index (χ2n) is 3.80. The number of nitrogens with zero attached hydrogens (tertiary/aromatic N) is 1. The van der Waals surface area contributed by atoms with Crippen molar-refractivity contribution in [3.05, 3.63) is 29.6 Å². The molecule has 0 unspecified atom stereocenters. The maximum absolute atomic E-state index is 11.3. The van der Waals surface area contributed by atoms with Crippen molar-refractivity contribution in [2.45, 2.75) is 19.1 Å². The molecule has 0 spiro atoms. The van der Waals surface area contributed by atoms with Crippen LogP contribution in [0.4, 0.5) is 0 Å². The molecule has 1 aliphatic heterocycles. The van der Waals surface area contributed by atoms with Crippen molar-refractivity contribution in [2.75, 3.05) is 20.3 Å². The Morgan fingerprint density at radius 2 is 2.47 bits per heavy atom. The number of esters is 1. The number of aromatic nitrogens is 1. The molecule has 0 saturated carbocycles. The monoisotopic (exact) mass is 237 g/mol. The van der Waals surface area contributed by atoms with E-state index in [4.69, 9.17) is 9.47 Å². The van der Waals surface area contributed by atoms with Gasteiger partial charge in [0.25, 0.3) is 0 Å². The zero-order valence-corrected chi connectivity index (χ0v) is 9.72. The molecule has 2 heterocycles. The first-order chi connectivity index (χ1) is 8.29. The average Bonchev–Trinajstić information content (AvgIpc) is 2.89. The lowest BCUT2D eigenvalue weighted by Gasteiger charge is -2.09. The molecule has 0 aromatic carbocycles. The van der Waals surface area contributed by atoms with Crippen molar-refractivity contribution < 1.29 is 19.0 Å². The first-order valence-corrected chi connectivity index (χ1v) is 5.53. The van der Waals surface area contributed by atoms with Crippen LogP contribution in [-0.2, 0) is 20.8 Å². The molecule has 1 aliphatic rings. The molecule has 1 atom stereocenters. The first-order valence-electron chi connectivity index (χ1n) is 5.53. The maximum atomic E-state index is 11.3. The lowest BCUT2D eigenvalue weighted by Crippen LogP contribution is -2.13. The van der Waals surface area contributed by atoms with Gasteiger partial charge in [0.1, 0.15) is 5.69 Å². The van der Waals surface area contributed by atoms with Gasteiger partial charge >= 0.3 is 5.97 Å². The molecule has 1 aromatic rings. The Hall–Kier alpha value is -1.46. The zero-order valence-electron chi connectivity index (χ0n) is 9.72. The maximum Gasteiger partial charge on any atom is 0.356 e. The van der Waals surface area contributed by atoms with Crippen molar-refractivity contribution in [3.63, 3.8) is 0 Å². The van der Waals surface area contributed by atoms with Gasteiger partial charge in [0, 0.05) is 6.61 Å². The van der Waals surface area contributed by atoms with E-state index in [0.29, 0.717) is 18.9 Å². The number of carbonyl (C=O) groups is 1. The second kappa shape index (κ2) is 5.75. The van der Waals surface area contributed by atoms with Gasteiger partial charge in [-0.1, -0.05) is 6.07 Å². The molecule has 0 radical (unpaired) electrons. The standard InChI is InChI=1S/C12H15NO4/c1-15-12(14)11-4-2-3-9(13-11)7-17-10-5-6-16-8-10/h2-4,10H,5-8H2,1H3/t10-/m0/s1. The zero-order chi connectivity index (χ0) is 12.1. The molecule has 92 valence electrons. The van der Waals surface area contributed by atoms with E-state index >= 15 is 0 Å². The fourth-order valence-corrected chi connectivity index (χ4v) is 1.63. The Bertz CT molecular complexity index is 388. The van der Waals surface area contributed by atoms with Gasteiger partial charge in [-0.05, 0) is 18.6 Å². The van der Waals surface area contributed by atoms with Crippen LogP contribution in [0.2, 0.25) is 0 Å². The van der Waals surface area contributed by atoms with Crippen molar-refractivity contribution in [2.24, 2.45) is 0 Å². The largest absolute Gasteiger partial charge is 0.464 e. The van der Waals surface area contributed by atoms with Crippen LogP contribution >= 0.6 is 0 Å². The van der Waals surface area contributed by atoms with Crippen molar-refractivity contribution in [1.82, 2.24) is 4.98 Å². The second-order valence-corrected chi connectivity index (χ2v) is 3.80. The molecule has 1 aromatic heterocycles. The Kier molecular flexibility index (Phi) is 4.06. The lowest BCUT2D eigenvalue weighted by atomic mass is 10.3. The van der Waals surface area contributed by atoms with Gasteiger partial charge in [0.05, 0.1) is 32.1 Å². The number of carbonyl (C=O) groups excluding carboxylic acids is 1. The van der Waals surface area contributed by atoms with Gasteiger partial charge in [-0.15, -0.1) is 0 Å². The summed E-state index contributed by atoms with van der Waals surface area (Å²) in [4.78, 5) is 15.4. The van der Waals surface area contributed by atoms with Crippen LogP contribution in [0.15, 0.2) is 18.2 Å². The van der Waals surface area contributed by atoms with Crippen LogP contribution in [0, 0.1) is 0 Å². The van der Waals surface area contributed by atoms with Crippen molar-refractivity contribution in [3.8, 4) is 0 Å². The molecule has 0 amide bonds. The van der Waals surface area contributed by atoms with E-state index in [9.17, 15) is 4.79 Å². The van der Waals surface area contributed by atoms with E-state index in [1.807, 2.05) is 6.07 Å². The van der Waals surface area contributed by atoms with Crippen LogP contribution in [-0.4, -0.2) is 37.4 Å². The number of hydrogen-bond donors (Lipinski definition) is 0. The molecular formula is C12H15NO4. The number of methoxy groups -OCH3 is 1. The van der Waals surface area contributed by atoms with E-state index in [1.165, 1.54) is 7.11 Å². The van der Waals surface area contributed by atoms with Gasteiger partial charge < -0.3 is 14.2 Å². The van der Waals surface area contributed by atoms with Crippen LogP contribution in [0.3, 0.4) is 0 Å². The van der Waals surface area contributed by atoms with Gasteiger partial charge in [0.2, 0.25) is 0 Å². The molecule has 0 bridgehead atoms. The predicted octanol–water partition coefficient (Wildman–Crippen LogP) is 1.17. The Morgan fingerprint density at radius 1 is 1.59 bits per heavy atom. The Labute approximate surface area is 99.7 Å². The number of hydrogen-bond acceptors (Lipinski definition) is 5. The smallest absolute Gasteiger partial charge is 0.356 e. The summed E-state index contributed by atoms with van der Waals surface area (Å²) in [5.41, 5.74) is 1.02. The minimum atomic E-state index is -0.434. The topological polar surface area (TPSA) is 57.7 Å². The van der Waals surface area contributed by atoms with Crippen LogP contribution in [0.5, 0.6) is 0 Å². The van der Waals surface area contributed by atoms with Gasteiger partial charge in [0.15, 0.2) is 0 Å². The van der Waals surface area contributed by atoms with Crippen molar-refractivity contribution >= 4 is 5.97 Å². The molecule has 0 N–H and O–H groups in total.